The van der Waals surface area contributed by atoms with Crippen molar-refractivity contribution in [3.8, 4) is 23.1 Å². The predicted molar refractivity (Wildman–Crippen MR) is 205 cm³/mol. The first kappa shape index (κ1) is 36.4. The molecule has 6 rings (SSSR count). The second-order valence-electron chi connectivity index (χ2n) is 11.5. The van der Waals surface area contributed by atoms with E-state index in [0.717, 1.165) is 0 Å². The highest BCUT2D eigenvalue weighted by Crippen LogP contribution is 2.29. The highest BCUT2D eigenvalue weighted by atomic mass is 35.5. The van der Waals surface area contributed by atoms with Crippen LogP contribution in [0.4, 0.5) is 11.4 Å². The van der Waals surface area contributed by atoms with Crippen LogP contribution in [0.3, 0.4) is 0 Å². The Bertz CT molecular complexity index is 2440. The first-order valence-corrected chi connectivity index (χ1v) is 16.8. The number of aromatic hydroxyl groups is 2. The van der Waals surface area contributed by atoms with Crippen LogP contribution in [0, 0.1) is 13.8 Å². The van der Waals surface area contributed by atoms with Gasteiger partial charge in [0.15, 0.2) is 0 Å². The van der Waals surface area contributed by atoms with Crippen LogP contribution in [-0.2, 0) is 0 Å². The molecule has 16 heteroatoms. The summed E-state index contributed by atoms with van der Waals surface area (Å²) in [4.78, 5) is 28.4. The van der Waals surface area contributed by atoms with E-state index in [0.29, 0.717) is 38.5 Å². The molecule has 0 aliphatic heterocycles. The number of rotatable bonds is 9. The second-order valence-corrected chi connectivity index (χ2v) is 12.7. The molecule has 0 saturated heterocycles. The third kappa shape index (κ3) is 7.65. The predicted octanol–water partition coefficient (Wildman–Crippen LogP) is 7.38. The van der Waals surface area contributed by atoms with Gasteiger partial charge in [-0.15, -0.1) is 0 Å². The lowest BCUT2D eigenvalue weighted by molar-refractivity contribution is -0.434. The molecule has 0 atom stereocenters. The number of aliphatic imine (C=N–C) groups is 1. The smallest absolute Gasteiger partial charge is 0.335 e. The summed E-state index contributed by atoms with van der Waals surface area (Å²) in [6, 6.07) is 25.1. The minimum absolute atomic E-state index is 0.000542. The molecule has 0 saturated carbocycles. The van der Waals surface area contributed by atoms with Crippen LogP contribution in [-0.4, -0.2) is 74.2 Å². The van der Waals surface area contributed by atoms with Crippen LogP contribution in [0.25, 0.3) is 11.4 Å². The van der Waals surface area contributed by atoms with E-state index in [1.807, 2.05) is 0 Å². The van der Waals surface area contributed by atoms with Crippen LogP contribution < -0.4 is 5.01 Å². The molecule has 0 spiro atoms. The van der Waals surface area contributed by atoms with Crippen molar-refractivity contribution in [2.75, 3.05) is 5.01 Å². The Morgan fingerprint density at radius 2 is 1.26 bits per heavy atom. The molecule has 0 radical (unpaired) electrons. The molecular weight excluding hydrogens is 741 g/mol. The van der Waals surface area contributed by atoms with Crippen molar-refractivity contribution in [1.29, 1.82) is 0 Å². The van der Waals surface area contributed by atoms with Gasteiger partial charge in [-0.25, -0.2) is 23.9 Å². The maximum absolute atomic E-state index is 12.1. The molecular formula is C37H28Cl2N7O6S+. The summed E-state index contributed by atoms with van der Waals surface area (Å²) in [5, 5.41) is 53.4. The minimum Gasteiger partial charge on any atom is -0.493 e. The number of anilines is 1. The average molecular weight is 770 g/mol. The molecule has 0 amide bonds. The van der Waals surface area contributed by atoms with Crippen molar-refractivity contribution in [2.24, 2.45) is 4.99 Å². The zero-order chi connectivity index (χ0) is 38.0. The molecule has 4 N–H and O–H groups in total. The average Bonchev–Trinajstić information content (AvgIpc) is 3.59. The van der Waals surface area contributed by atoms with Gasteiger partial charge in [-0.05, 0) is 105 Å². The maximum atomic E-state index is 12.1. The molecule has 4 aromatic carbocycles. The topological polar surface area (TPSA) is 169 Å². The van der Waals surface area contributed by atoms with Gasteiger partial charge in [0.05, 0.1) is 39.5 Å². The number of aryl methyl sites for hydroxylation is 2. The van der Waals surface area contributed by atoms with Crippen LogP contribution >= 0.6 is 35.4 Å². The zero-order valence-electron chi connectivity index (χ0n) is 27.8. The summed E-state index contributed by atoms with van der Waals surface area (Å²) in [7, 11) is 0. The van der Waals surface area contributed by atoms with E-state index < -0.39 is 11.9 Å². The van der Waals surface area contributed by atoms with E-state index in [4.69, 9.17) is 35.4 Å². The number of thiocarbonyl (C=S) groups is 1. The van der Waals surface area contributed by atoms with Crippen LogP contribution in [0.1, 0.15) is 43.2 Å². The molecule has 0 bridgehead atoms. The molecule has 13 nitrogen and oxygen atoms in total. The second kappa shape index (κ2) is 15.1. The molecule has 53 heavy (non-hydrogen) atoms. The molecule has 0 aliphatic carbocycles. The largest absolute Gasteiger partial charge is 0.493 e. The summed E-state index contributed by atoms with van der Waals surface area (Å²) in [6.07, 6.45) is 2.83. The monoisotopic (exact) mass is 768 g/mol. The number of carboxylic acid groups (broad SMARTS) is 2. The maximum Gasteiger partial charge on any atom is 0.335 e. The van der Waals surface area contributed by atoms with E-state index >= 15 is 0 Å². The lowest BCUT2D eigenvalue weighted by atomic mass is 10.2. The Labute approximate surface area is 317 Å². The van der Waals surface area contributed by atoms with Crippen molar-refractivity contribution in [2.45, 2.75) is 13.8 Å². The Morgan fingerprint density at radius 3 is 1.79 bits per heavy atom. The summed E-state index contributed by atoms with van der Waals surface area (Å²) >= 11 is 18.0. The summed E-state index contributed by atoms with van der Waals surface area (Å²) < 4.78 is 4.09. The number of aromatic carboxylic acids is 2. The Kier molecular flexibility index (Phi) is 10.4. The van der Waals surface area contributed by atoms with Crippen LogP contribution in [0.2, 0.25) is 10.0 Å². The fraction of sp³-hybridized carbons (Fsp3) is 0.0541. The minimum atomic E-state index is -1.19. The van der Waals surface area contributed by atoms with E-state index in [2.05, 4.69) is 15.2 Å². The molecule has 266 valence electrons. The van der Waals surface area contributed by atoms with Gasteiger partial charge in [0.25, 0.3) is 5.11 Å². The van der Waals surface area contributed by atoms with Gasteiger partial charge < -0.3 is 20.4 Å². The van der Waals surface area contributed by atoms with E-state index in [-0.39, 0.29) is 44.8 Å². The molecule has 0 unspecified atom stereocenters. The van der Waals surface area contributed by atoms with Crippen molar-refractivity contribution in [3.63, 3.8) is 0 Å². The quantitative estimate of drug-likeness (QED) is 0.0504. The van der Waals surface area contributed by atoms with Gasteiger partial charge in [0, 0.05) is 28.4 Å². The number of carboxylic acids is 2. The van der Waals surface area contributed by atoms with Gasteiger partial charge in [-0.2, -0.15) is 10.2 Å². The van der Waals surface area contributed by atoms with Gasteiger partial charge in [0.1, 0.15) is 11.3 Å². The van der Waals surface area contributed by atoms with E-state index in [1.54, 1.807) is 68.4 Å². The fourth-order valence-electron chi connectivity index (χ4n) is 5.28. The Balaban J connectivity index is 1.53. The number of carbonyl (C=O) groups is 2. The third-order valence-corrected chi connectivity index (χ3v) is 8.76. The highest BCUT2D eigenvalue weighted by molar-refractivity contribution is 7.80. The van der Waals surface area contributed by atoms with Crippen molar-refractivity contribution in [3.05, 3.63) is 141 Å². The SMILES string of the molecule is Cc1nn(-c2ccc(Cl)cc2)c(O)c1C=NC(=S)N(c1ccc(C(=O)O)cc1)[N+](=Cc1c(C)nn(-c2ccc(Cl)cc2)c1O)c1cccc(C(=O)O)c1. The molecule has 2 heterocycles. The molecule has 2 aromatic heterocycles. The lowest BCUT2D eigenvalue weighted by Gasteiger charge is -2.19. The molecule has 6 aromatic rings. The van der Waals surface area contributed by atoms with Crippen molar-refractivity contribution in [1.82, 2.24) is 19.6 Å². The third-order valence-electron chi connectivity index (χ3n) is 7.97. The first-order valence-electron chi connectivity index (χ1n) is 15.6. The molecule has 0 fully saturated rings. The first-order chi connectivity index (χ1) is 25.3. The number of nitrogens with zero attached hydrogens (tertiary/aromatic N) is 7. The van der Waals surface area contributed by atoms with E-state index in [9.17, 15) is 30.0 Å². The van der Waals surface area contributed by atoms with Crippen LogP contribution in [0.5, 0.6) is 11.8 Å². The van der Waals surface area contributed by atoms with Crippen LogP contribution in [0.15, 0.2) is 102 Å². The summed E-state index contributed by atoms with van der Waals surface area (Å²) in [5.74, 6) is -2.82. The summed E-state index contributed by atoms with van der Waals surface area (Å²) in [6.45, 7) is 3.36. The van der Waals surface area contributed by atoms with Crippen molar-refractivity contribution < 1.29 is 34.7 Å². The number of hydrogen-bond acceptors (Lipinski definition) is 7. The molecule has 0 aliphatic rings. The van der Waals surface area contributed by atoms with Gasteiger partial charge >= 0.3 is 11.9 Å². The number of hydrogen-bond donors (Lipinski definition) is 4. The number of aromatic nitrogens is 4. The summed E-state index contributed by atoms with van der Waals surface area (Å²) in [5.41, 5.74) is 2.91. The standard InChI is InChI=1S/C37H27Cl2N7O6S/c1-21-31(33(47)44(41-21)27-14-8-25(38)9-15-27)19-40-37(53)46(29-12-6-23(7-13-29)35(49)50)43(30-5-3-4-24(18-30)36(51)52)20-32-22(2)42-45(34(32)48)28-16-10-26(39)11-17-28/h3-20H,1-2H3,(H3,40,41,47,49,50,51,52,53)/p+1. The number of benzene rings is 4. The fourth-order valence-corrected chi connectivity index (χ4v) is 5.78. The Morgan fingerprint density at radius 1 is 0.755 bits per heavy atom. The van der Waals surface area contributed by atoms with E-state index in [1.165, 1.54) is 74.0 Å². The lowest BCUT2D eigenvalue weighted by Crippen LogP contribution is -2.37. The normalized spacial score (nSPS) is 11.6. The highest BCUT2D eigenvalue weighted by Gasteiger charge is 2.30. The number of halogens is 2. The zero-order valence-corrected chi connectivity index (χ0v) is 30.1. The number of hydrazone groups is 1. The van der Waals surface area contributed by atoms with Crippen molar-refractivity contribution >= 4 is 76.3 Å². The number of hydrazine groups is 1. The Hall–Kier alpha value is -6.35. The van der Waals surface area contributed by atoms with Gasteiger partial charge in [0.2, 0.25) is 23.7 Å². The van der Waals surface area contributed by atoms with Gasteiger partial charge in [-0.3, -0.25) is 0 Å². The van der Waals surface area contributed by atoms with Gasteiger partial charge in [-0.1, -0.05) is 39.0 Å².